The summed E-state index contributed by atoms with van der Waals surface area (Å²) in [4.78, 5) is 51.3. The minimum Gasteiger partial charge on any atom is -0.445 e. The summed E-state index contributed by atoms with van der Waals surface area (Å²) < 4.78 is 10.5. The van der Waals surface area contributed by atoms with Gasteiger partial charge in [0.15, 0.2) is 0 Å². The number of hydrogen-bond donors (Lipinski definition) is 2. The van der Waals surface area contributed by atoms with Crippen LogP contribution in [0.3, 0.4) is 0 Å². The number of rotatable bonds is 17. The maximum atomic E-state index is 13.4. The van der Waals surface area contributed by atoms with E-state index in [0.29, 0.717) is 65.1 Å². The van der Waals surface area contributed by atoms with Crippen LogP contribution < -0.4 is 10.6 Å². The monoisotopic (exact) mass is 613 g/mol. The zero-order valence-corrected chi connectivity index (χ0v) is 26.0. The normalized spacial score (nSPS) is 18.4. The highest BCUT2D eigenvalue weighted by atomic mass is 16.5. The molecule has 0 bridgehead atoms. The zero-order chi connectivity index (χ0) is 32.2. The number of nitrogens with one attached hydrogen (secondary N) is 2. The Morgan fingerprint density at radius 3 is 2.61 bits per heavy atom. The number of fused-ring (bicyclic) bond motifs is 1. The number of carbonyl (C=O) groups excluding carboxylic acids is 4. The van der Waals surface area contributed by atoms with Gasteiger partial charge in [-0.25, -0.2) is 14.8 Å². The van der Waals surface area contributed by atoms with Crippen molar-refractivity contribution in [1.82, 2.24) is 30.5 Å². The molecule has 0 saturated carbocycles. The molecule has 2 N–H and O–H groups in total. The number of unbranched alkanes of at least 4 members (excludes halogenated alkanes) is 1. The van der Waals surface area contributed by atoms with E-state index in [-0.39, 0.29) is 37.7 Å². The van der Waals surface area contributed by atoms with Gasteiger partial charge in [0.25, 0.3) is 0 Å². The van der Waals surface area contributed by atoms with E-state index in [9.17, 15) is 19.2 Å². The van der Waals surface area contributed by atoms with Crippen LogP contribution in [-0.2, 0) is 30.4 Å². The molecule has 3 rings (SSSR count). The quantitative estimate of drug-likeness (QED) is 0.116. The van der Waals surface area contributed by atoms with Gasteiger partial charge in [-0.05, 0) is 31.2 Å². The van der Waals surface area contributed by atoms with Gasteiger partial charge in [-0.1, -0.05) is 56.3 Å². The highest BCUT2D eigenvalue weighted by Crippen LogP contribution is 2.27. The van der Waals surface area contributed by atoms with Crippen LogP contribution in [0.5, 0.6) is 0 Å². The van der Waals surface area contributed by atoms with E-state index in [1.165, 1.54) is 6.08 Å². The fourth-order valence-corrected chi connectivity index (χ4v) is 4.93. The average molecular weight is 614 g/mol. The third kappa shape index (κ3) is 11.9. The van der Waals surface area contributed by atoms with Crippen LogP contribution in [0.2, 0.25) is 0 Å². The number of nitriles is 1. The summed E-state index contributed by atoms with van der Waals surface area (Å²) in [7, 11) is 1.84. The Morgan fingerprint density at radius 2 is 1.93 bits per heavy atom. The van der Waals surface area contributed by atoms with Crippen molar-refractivity contribution in [1.29, 1.82) is 5.26 Å². The lowest BCUT2D eigenvalue weighted by Gasteiger charge is -2.54. The minimum absolute atomic E-state index is 0.0573. The Bertz CT molecular complexity index is 1080. The first-order chi connectivity index (χ1) is 21.4. The number of likely N-dealkylation sites (N-methyl/N-ethyl adjacent to an activating group) is 1. The largest absolute Gasteiger partial charge is 0.445 e. The molecule has 2 heterocycles. The standard InChI is InChI=1S/C23H38N6O5.C8H9NO/c1-4-6-15-33-16-8-12-27-17-20-26(3)28(13-10-24)18-21(30)29(20)19(22(27)31)9-7-11-25-23(32)34-14-5-2;10-7-9-6-8-4-2-1-3-5-8/h5,19-20H,2,4,6-9,11-18H2,1,3H3,(H,25,32);1-5,7H,6H2,(H,9,10)/t19-,20?;/m0./s1. The molecule has 0 spiro atoms. The number of carbonyl (C=O) groups is 4. The molecule has 44 heavy (non-hydrogen) atoms. The van der Waals surface area contributed by atoms with Gasteiger partial charge in [-0.2, -0.15) is 5.26 Å². The van der Waals surface area contributed by atoms with Crippen molar-refractivity contribution in [2.24, 2.45) is 0 Å². The SMILES string of the molecule is C=CCOC(=O)NCCC[C@H]1C(=O)N(CCCOCCCC)CC2N1C(=O)CN(CC#N)N2C.O=CNCc1ccccc1. The molecule has 2 aliphatic rings. The molecule has 0 radical (unpaired) electrons. The highest BCUT2D eigenvalue weighted by molar-refractivity contribution is 5.90. The van der Waals surface area contributed by atoms with Crippen LogP contribution in [0.1, 0.15) is 44.6 Å². The number of hydrazine groups is 1. The number of alkyl carbamates (subject to hydrolysis) is 1. The fraction of sp³-hybridized carbons (Fsp3) is 0.581. The van der Waals surface area contributed by atoms with Gasteiger partial charge in [0.05, 0.1) is 19.2 Å². The minimum atomic E-state index is -0.620. The summed E-state index contributed by atoms with van der Waals surface area (Å²) in [5.74, 6) is -0.257. The summed E-state index contributed by atoms with van der Waals surface area (Å²) in [6.45, 7) is 9.04. The first-order valence-corrected chi connectivity index (χ1v) is 15.1. The molecule has 1 unspecified atom stereocenters. The lowest BCUT2D eigenvalue weighted by atomic mass is 10.0. The van der Waals surface area contributed by atoms with Crippen LogP contribution >= 0.6 is 0 Å². The fourth-order valence-electron chi connectivity index (χ4n) is 4.93. The van der Waals surface area contributed by atoms with Gasteiger partial charge in [0, 0.05) is 39.9 Å². The second-order valence-corrected chi connectivity index (χ2v) is 10.4. The third-order valence-electron chi connectivity index (χ3n) is 7.22. The van der Waals surface area contributed by atoms with Crippen LogP contribution in [0.25, 0.3) is 0 Å². The molecule has 2 saturated heterocycles. The summed E-state index contributed by atoms with van der Waals surface area (Å²) >= 11 is 0. The van der Waals surface area contributed by atoms with Crippen molar-refractivity contribution in [3.63, 3.8) is 0 Å². The van der Waals surface area contributed by atoms with E-state index in [2.05, 4.69) is 30.2 Å². The van der Waals surface area contributed by atoms with Crippen molar-refractivity contribution in [3.8, 4) is 6.07 Å². The first kappa shape index (κ1) is 36.2. The highest BCUT2D eigenvalue weighted by Gasteiger charge is 2.48. The van der Waals surface area contributed by atoms with E-state index >= 15 is 0 Å². The molecule has 2 aliphatic heterocycles. The van der Waals surface area contributed by atoms with Crippen molar-refractivity contribution in [3.05, 3.63) is 48.6 Å². The maximum Gasteiger partial charge on any atom is 0.407 e. The van der Waals surface area contributed by atoms with Crippen LogP contribution in [0.4, 0.5) is 4.79 Å². The van der Waals surface area contributed by atoms with Gasteiger partial charge >= 0.3 is 6.09 Å². The Labute approximate surface area is 260 Å². The molecular weight excluding hydrogens is 566 g/mol. The Hall–Kier alpha value is -3.99. The number of amides is 4. The average Bonchev–Trinajstić information content (AvgIpc) is 3.03. The summed E-state index contributed by atoms with van der Waals surface area (Å²) in [6.07, 6.45) is 5.02. The molecule has 0 aliphatic carbocycles. The summed E-state index contributed by atoms with van der Waals surface area (Å²) in [5.41, 5.74) is 1.12. The van der Waals surface area contributed by atoms with Crippen molar-refractivity contribution >= 4 is 24.3 Å². The van der Waals surface area contributed by atoms with Gasteiger partial charge in [-0.3, -0.25) is 14.4 Å². The molecule has 0 aromatic heterocycles. The van der Waals surface area contributed by atoms with Crippen LogP contribution in [0.15, 0.2) is 43.0 Å². The number of benzene rings is 1. The molecular formula is C31H47N7O6. The van der Waals surface area contributed by atoms with Crippen LogP contribution in [0, 0.1) is 11.3 Å². The second-order valence-electron chi connectivity index (χ2n) is 10.4. The molecule has 13 heteroatoms. The molecule has 242 valence electrons. The van der Waals surface area contributed by atoms with E-state index in [0.717, 1.165) is 18.4 Å². The molecule has 1 aromatic carbocycles. The number of nitrogens with zero attached hydrogens (tertiary/aromatic N) is 5. The lowest BCUT2D eigenvalue weighted by Crippen LogP contribution is -2.74. The first-order valence-electron chi connectivity index (χ1n) is 15.1. The predicted molar refractivity (Wildman–Crippen MR) is 164 cm³/mol. The number of hydrogen-bond acceptors (Lipinski definition) is 9. The number of piperazine rings is 1. The van der Waals surface area contributed by atoms with E-state index in [4.69, 9.17) is 14.7 Å². The zero-order valence-electron chi connectivity index (χ0n) is 26.0. The van der Waals surface area contributed by atoms with Gasteiger partial charge in [0.1, 0.15) is 25.4 Å². The molecule has 2 atom stereocenters. The Kier molecular flexibility index (Phi) is 17.1. The smallest absolute Gasteiger partial charge is 0.407 e. The van der Waals surface area contributed by atoms with Gasteiger partial charge < -0.3 is 29.9 Å². The topological polar surface area (TPSA) is 148 Å². The van der Waals surface area contributed by atoms with Crippen molar-refractivity contribution < 1.29 is 28.7 Å². The summed E-state index contributed by atoms with van der Waals surface area (Å²) in [5, 5.41) is 18.0. The van der Waals surface area contributed by atoms with E-state index in [1.54, 1.807) is 14.8 Å². The van der Waals surface area contributed by atoms with Crippen LogP contribution in [-0.4, -0.2) is 116 Å². The van der Waals surface area contributed by atoms with E-state index in [1.807, 2.05) is 42.4 Å². The third-order valence-corrected chi connectivity index (χ3v) is 7.22. The lowest BCUT2D eigenvalue weighted by molar-refractivity contribution is -0.195. The maximum absolute atomic E-state index is 13.4. The summed E-state index contributed by atoms with van der Waals surface area (Å²) in [6, 6.07) is 11.3. The Morgan fingerprint density at radius 1 is 1.18 bits per heavy atom. The van der Waals surface area contributed by atoms with E-state index < -0.39 is 12.1 Å². The predicted octanol–water partition coefficient (Wildman–Crippen LogP) is 1.87. The molecule has 2 fully saturated rings. The van der Waals surface area contributed by atoms with Crippen molar-refractivity contribution in [2.45, 2.75) is 57.8 Å². The molecule has 13 nitrogen and oxygen atoms in total. The van der Waals surface area contributed by atoms with Gasteiger partial charge in [0.2, 0.25) is 18.2 Å². The van der Waals surface area contributed by atoms with Gasteiger partial charge in [-0.15, -0.1) is 0 Å². The number of ether oxygens (including phenoxy) is 2. The Balaban J connectivity index is 0.000000569. The molecule has 1 aromatic rings. The van der Waals surface area contributed by atoms with Crippen molar-refractivity contribution in [2.75, 3.05) is 59.6 Å². The second kappa shape index (κ2) is 20.8. The molecule has 4 amide bonds.